The molecular formula is C20H19NO5. The van der Waals surface area contributed by atoms with Crippen molar-refractivity contribution in [2.24, 2.45) is 0 Å². The second kappa shape index (κ2) is 6.92. The summed E-state index contributed by atoms with van der Waals surface area (Å²) < 4.78 is 16.2. The van der Waals surface area contributed by atoms with Gasteiger partial charge in [-0.3, -0.25) is 4.79 Å². The molecule has 1 amide bonds. The van der Waals surface area contributed by atoms with E-state index in [1.165, 1.54) is 18.4 Å². The number of rotatable bonds is 3. The summed E-state index contributed by atoms with van der Waals surface area (Å²) in [7, 11) is 0. The summed E-state index contributed by atoms with van der Waals surface area (Å²) in [4.78, 5) is 23.8. The molecule has 2 aromatic rings. The molecule has 0 radical (unpaired) electrons. The third-order valence-electron chi connectivity index (χ3n) is 3.31. The van der Waals surface area contributed by atoms with Crippen LogP contribution in [0.25, 0.3) is 12.2 Å². The number of anilines is 1. The Hall–Kier alpha value is -3.28. The first-order chi connectivity index (χ1) is 12.3. The van der Waals surface area contributed by atoms with Crippen LogP contribution in [-0.2, 0) is 14.3 Å². The minimum Gasteiger partial charge on any atom is -0.464 e. The number of benzene rings is 1. The molecule has 0 saturated carbocycles. The normalized spacial score (nSPS) is 15.5. The largest absolute Gasteiger partial charge is 0.464 e. The van der Waals surface area contributed by atoms with Crippen LogP contribution in [0.2, 0.25) is 0 Å². The number of hydrogen-bond donors (Lipinski definition) is 1. The molecular weight excluding hydrogens is 334 g/mol. The van der Waals surface area contributed by atoms with E-state index in [2.05, 4.69) is 5.32 Å². The van der Waals surface area contributed by atoms with Crippen LogP contribution in [0.3, 0.4) is 0 Å². The van der Waals surface area contributed by atoms with E-state index in [1.54, 1.807) is 45.0 Å². The lowest BCUT2D eigenvalue weighted by atomic mass is 10.2. The number of fused-ring (bicyclic) bond motifs is 1. The van der Waals surface area contributed by atoms with Gasteiger partial charge in [0.25, 0.3) is 5.91 Å². The van der Waals surface area contributed by atoms with Crippen LogP contribution < -0.4 is 10.1 Å². The van der Waals surface area contributed by atoms with Crippen molar-refractivity contribution in [1.82, 2.24) is 0 Å². The third kappa shape index (κ3) is 4.42. The number of esters is 1. The predicted molar refractivity (Wildman–Crippen MR) is 97.3 cm³/mol. The molecule has 0 saturated heterocycles. The van der Waals surface area contributed by atoms with Gasteiger partial charge in [0.15, 0.2) is 11.5 Å². The minimum absolute atomic E-state index is 0.126. The van der Waals surface area contributed by atoms with Crippen molar-refractivity contribution in [3.63, 3.8) is 0 Å². The Labute approximate surface area is 151 Å². The van der Waals surface area contributed by atoms with Crippen LogP contribution in [0.1, 0.15) is 32.1 Å². The molecule has 2 heterocycles. The first-order valence-electron chi connectivity index (χ1n) is 8.10. The minimum atomic E-state index is -0.546. The fourth-order valence-corrected chi connectivity index (χ4v) is 2.26. The highest BCUT2D eigenvalue weighted by atomic mass is 16.6. The Kier molecular flexibility index (Phi) is 4.67. The number of nitrogens with one attached hydrogen (secondary N) is 1. The molecule has 0 fully saturated rings. The lowest BCUT2D eigenvalue weighted by molar-refractivity contribution is -0.148. The topological polar surface area (TPSA) is 77.8 Å². The molecule has 0 bridgehead atoms. The maximum atomic E-state index is 12.1. The van der Waals surface area contributed by atoms with E-state index >= 15 is 0 Å². The van der Waals surface area contributed by atoms with Gasteiger partial charge in [0, 0.05) is 17.7 Å². The first kappa shape index (κ1) is 17.5. The second-order valence-corrected chi connectivity index (χ2v) is 6.71. The van der Waals surface area contributed by atoms with E-state index in [-0.39, 0.29) is 11.7 Å². The monoisotopic (exact) mass is 353 g/mol. The maximum absolute atomic E-state index is 12.1. The highest BCUT2D eigenvalue weighted by molar-refractivity contribution is 6.08. The van der Waals surface area contributed by atoms with E-state index < -0.39 is 11.6 Å². The van der Waals surface area contributed by atoms with Crippen molar-refractivity contribution in [2.75, 3.05) is 5.32 Å². The van der Waals surface area contributed by atoms with E-state index in [0.29, 0.717) is 22.8 Å². The summed E-state index contributed by atoms with van der Waals surface area (Å²) in [6.45, 7) is 5.40. The van der Waals surface area contributed by atoms with Gasteiger partial charge in [-0.2, -0.15) is 0 Å². The molecule has 3 rings (SSSR count). The molecule has 26 heavy (non-hydrogen) atoms. The quantitative estimate of drug-likeness (QED) is 0.666. The van der Waals surface area contributed by atoms with E-state index in [0.717, 1.165) is 0 Å². The highest BCUT2D eigenvalue weighted by Gasteiger charge is 2.22. The number of carbonyl (C=O) groups is 2. The molecule has 0 atom stereocenters. The average Bonchev–Trinajstić information content (AvgIpc) is 3.00. The number of para-hydroxylation sites is 2. The van der Waals surface area contributed by atoms with E-state index in [4.69, 9.17) is 13.9 Å². The van der Waals surface area contributed by atoms with Crippen LogP contribution in [0.15, 0.2) is 52.8 Å². The lowest BCUT2D eigenvalue weighted by Crippen LogP contribution is -2.23. The number of carbonyl (C=O) groups excluding carboxylic acids is 2. The van der Waals surface area contributed by atoms with Crippen molar-refractivity contribution in [1.29, 1.82) is 0 Å². The van der Waals surface area contributed by atoms with Gasteiger partial charge < -0.3 is 19.2 Å². The number of furan rings is 1. The van der Waals surface area contributed by atoms with Gasteiger partial charge in [0.2, 0.25) is 0 Å². The molecule has 0 unspecified atom stereocenters. The zero-order chi connectivity index (χ0) is 18.7. The van der Waals surface area contributed by atoms with E-state index in [1.807, 2.05) is 12.1 Å². The number of hydrogen-bond acceptors (Lipinski definition) is 5. The SMILES string of the molecule is CC(C)(C)OC(=O)/C=C/c1coc(/C=C2\Oc3ccccc3NC2=O)c1. The number of amides is 1. The molecule has 0 aliphatic carbocycles. The molecule has 1 aliphatic rings. The second-order valence-electron chi connectivity index (χ2n) is 6.71. The van der Waals surface area contributed by atoms with Crippen molar-refractivity contribution >= 4 is 29.7 Å². The maximum Gasteiger partial charge on any atom is 0.331 e. The van der Waals surface area contributed by atoms with Gasteiger partial charge >= 0.3 is 5.97 Å². The summed E-state index contributed by atoms with van der Waals surface area (Å²) in [6.07, 6.45) is 5.88. The van der Waals surface area contributed by atoms with Gasteiger partial charge in [-0.15, -0.1) is 0 Å². The van der Waals surface area contributed by atoms with Crippen LogP contribution in [-0.4, -0.2) is 17.5 Å². The Morgan fingerprint density at radius 2 is 2.00 bits per heavy atom. The van der Waals surface area contributed by atoms with Crippen molar-refractivity contribution in [2.45, 2.75) is 26.4 Å². The van der Waals surface area contributed by atoms with Crippen molar-refractivity contribution in [3.8, 4) is 5.75 Å². The molecule has 6 heteroatoms. The summed E-state index contributed by atoms with van der Waals surface area (Å²) in [5, 5.41) is 2.75. The van der Waals surface area contributed by atoms with Crippen LogP contribution >= 0.6 is 0 Å². The van der Waals surface area contributed by atoms with Crippen molar-refractivity contribution < 1.29 is 23.5 Å². The van der Waals surface area contributed by atoms with Crippen LogP contribution in [0, 0.1) is 0 Å². The van der Waals surface area contributed by atoms with Gasteiger partial charge in [-0.05, 0) is 45.0 Å². The Morgan fingerprint density at radius 3 is 2.77 bits per heavy atom. The fraction of sp³-hybridized carbons (Fsp3) is 0.200. The van der Waals surface area contributed by atoms with Crippen molar-refractivity contribution in [3.05, 3.63) is 59.8 Å². The lowest BCUT2D eigenvalue weighted by Gasteiger charge is -2.19. The molecule has 1 N–H and O–H groups in total. The summed E-state index contributed by atoms with van der Waals surface area (Å²) in [6, 6.07) is 8.84. The summed E-state index contributed by atoms with van der Waals surface area (Å²) in [5.41, 5.74) is 0.740. The molecule has 0 spiro atoms. The zero-order valence-electron chi connectivity index (χ0n) is 14.7. The Morgan fingerprint density at radius 1 is 1.23 bits per heavy atom. The fourth-order valence-electron chi connectivity index (χ4n) is 2.26. The summed E-state index contributed by atoms with van der Waals surface area (Å²) >= 11 is 0. The van der Waals surface area contributed by atoms with Gasteiger partial charge in [0.1, 0.15) is 11.4 Å². The van der Waals surface area contributed by atoms with Crippen LogP contribution in [0.5, 0.6) is 5.75 Å². The van der Waals surface area contributed by atoms with Crippen LogP contribution in [0.4, 0.5) is 5.69 Å². The molecule has 1 aliphatic heterocycles. The first-order valence-corrected chi connectivity index (χ1v) is 8.10. The van der Waals surface area contributed by atoms with Gasteiger partial charge in [-0.1, -0.05) is 12.1 Å². The average molecular weight is 353 g/mol. The molecule has 6 nitrogen and oxygen atoms in total. The standard InChI is InChI=1S/C20H19NO5/c1-20(2,3)26-18(22)9-8-13-10-14(24-12-13)11-17-19(23)21-15-6-4-5-7-16(15)25-17/h4-12H,1-3H3,(H,21,23)/b9-8+,17-11-. The third-order valence-corrected chi connectivity index (χ3v) is 3.31. The Bertz CT molecular complexity index is 899. The molecule has 1 aromatic carbocycles. The number of ether oxygens (including phenoxy) is 2. The predicted octanol–water partition coefficient (Wildman–Crippen LogP) is 4.01. The smallest absolute Gasteiger partial charge is 0.331 e. The zero-order valence-corrected chi connectivity index (χ0v) is 14.7. The highest BCUT2D eigenvalue weighted by Crippen LogP contribution is 2.31. The van der Waals surface area contributed by atoms with E-state index in [9.17, 15) is 9.59 Å². The van der Waals surface area contributed by atoms with Gasteiger partial charge in [-0.25, -0.2) is 4.79 Å². The molecule has 134 valence electrons. The van der Waals surface area contributed by atoms with Gasteiger partial charge in [0.05, 0.1) is 12.0 Å². The Balaban J connectivity index is 1.71. The summed E-state index contributed by atoms with van der Waals surface area (Å²) in [5.74, 6) is 0.324. The molecule has 1 aromatic heterocycles.